The Morgan fingerprint density at radius 2 is 2.00 bits per heavy atom. The van der Waals surface area contributed by atoms with Crippen molar-refractivity contribution in [2.24, 2.45) is 0 Å². The summed E-state index contributed by atoms with van der Waals surface area (Å²) in [5.41, 5.74) is 1.63. The molecule has 1 atom stereocenters. The summed E-state index contributed by atoms with van der Waals surface area (Å²) in [6.45, 7) is 6.11. The minimum absolute atomic E-state index is 0.0803. The van der Waals surface area contributed by atoms with Gasteiger partial charge in [0.05, 0.1) is 6.54 Å². The number of para-hydroxylation sites is 1. The van der Waals surface area contributed by atoms with Crippen LogP contribution in [-0.2, 0) is 4.74 Å². The summed E-state index contributed by atoms with van der Waals surface area (Å²) >= 11 is 0. The van der Waals surface area contributed by atoms with E-state index in [-0.39, 0.29) is 12.1 Å². The second-order valence-electron chi connectivity index (χ2n) is 7.22. The fourth-order valence-electron chi connectivity index (χ4n) is 3.62. The van der Waals surface area contributed by atoms with Crippen molar-refractivity contribution in [3.8, 4) is 0 Å². The summed E-state index contributed by atoms with van der Waals surface area (Å²) in [4.78, 5) is 27.7. The van der Waals surface area contributed by atoms with Gasteiger partial charge in [-0.2, -0.15) is 0 Å². The molecule has 6 nitrogen and oxygen atoms in total. The van der Waals surface area contributed by atoms with E-state index >= 15 is 0 Å². The molecule has 2 aliphatic rings. The molecule has 2 fully saturated rings. The standard InChI is InChI=1S/C19H27N3O3/c1-4-14(2)15-7-5-6-8-16(15)20-17(23)22-11-9-19(10-12-22)13-21(3)18(24)25-19/h5-8,14H,4,9-13H2,1-3H3,(H,20,23)/t14-/m1/s1. The maximum atomic E-state index is 12.7. The van der Waals surface area contributed by atoms with Crippen molar-refractivity contribution in [1.82, 2.24) is 9.80 Å². The Bertz CT molecular complexity index is 653. The molecule has 0 radical (unpaired) electrons. The van der Waals surface area contributed by atoms with Gasteiger partial charge < -0.3 is 19.9 Å². The highest BCUT2D eigenvalue weighted by Crippen LogP contribution is 2.33. The smallest absolute Gasteiger partial charge is 0.410 e. The number of likely N-dealkylation sites (tertiary alicyclic amines) is 1. The van der Waals surface area contributed by atoms with E-state index in [0.717, 1.165) is 17.7 Å². The predicted molar refractivity (Wildman–Crippen MR) is 96.8 cm³/mol. The highest BCUT2D eigenvalue weighted by Gasteiger charge is 2.46. The van der Waals surface area contributed by atoms with Crippen molar-refractivity contribution >= 4 is 17.8 Å². The number of amides is 3. The van der Waals surface area contributed by atoms with Crippen molar-refractivity contribution < 1.29 is 14.3 Å². The van der Waals surface area contributed by atoms with Gasteiger partial charge in [0.15, 0.2) is 0 Å². The fraction of sp³-hybridized carbons (Fsp3) is 0.579. The first-order chi connectivity index (χ1) is 11.9. The van der Waals surface area contributed by atoms with Crippen LogP contribution in [0.5, 0.6) is 0 Å². The first kappa shape index (κ1) is 17.6. The number of ether oxygens (including phenoxy) is 1. The Kier molecular flexibility index (Phi) is 4.88. The summed E-state index contributed by atoms with van der Waals surface area (Å²) in [5, 5.41) is 3.06. The molecule has 1 spiro atoms. The second-order valence-corrected chi connectivity index (χ2v) is 7.22. The SMILES string of the molecule is CC[C@@H](C)c1ccccc1NC(=O)N1CCC2(CC1)CN(C)C(=O)O2. The van der Waals surface area contributed by atoms with Gasteiger partial charge in [0.2, 0.25) is 0 Å². The summed E-state index contributed by atoms with van der Waals surface area (Å²) < 4.78 is 5.54. The number of hydrogen-bond acceptors (Lipinski definition) is 3. The average molecular weight is 345 g/mol. The van der Waals surface area contributed by atoms with Crippen molar-refractivity contribution in [1.29, 1.82) is 0 Å². The van der Waals surface area contributed by atoms with E-state index in [4.69, 9.17) is 4.74 Å². The second kappa shape index (κ2) is 6.94. The van der Waals surface area contributed by atoms with E-state index in [1.54, 1.807) is 11.9 Å². The number of carbonyl (C=O) groups excluding carboxylic acids is 2. The summed E-state index contributed by atoms with van der Waals surface area (Å²) in [6, 6.07) is 7.90. The van der Waals surface area contributed by atoms with Gasteiger partial charge in [-0.15, -0.1) is 0 Å². The lowest BCUT2D eigenvalue weighted by atomic mass is 9.91. The van der Waals surface area contributed by atoms with E-state index in [0.29, 0.717) is 38.4 Å². The van der Waals surface area contributed by atoms with Crippen molar-refractivity contribution in [3.63, 3.8) is 0 Å². The van der Waals surface area contributed by atoms with Crippen LogP contribution >= 0.6 is 0 Å². The molecule has 6 heteroatoms. The molecule has 2 saturated heterocycles. The van der Waals surface area contributed by atoms with E-state index < -0.39 is 5.60 Å². The Morgan fingerprint density at radius 1 is 1.32 bits per heavy atom. The molecule has 25 heavy (non-hydrogen) atoms. The molecule has 136 valence electrons. The summed E-state index contributed by atoms with van der Waals surface area (Å²) in [7, 11) is 1.75. The molecule has 1 aromatic carbocycles. The van der Waals surface area contributed by atoms with Crippen molar-refractivity contribution in [3.05, 3.63) is 29.8 Å². The van der Waals surface area contributed by atoms with Gasteiger partial charge in [0.25, 0.3) is 0 Å². The van der Waals surface area contributed by atoms with E-state index in [2.05, 4.69) is 25.2 Å². The molecule has 0 unspecified atom stereocenters. The zero-order valence-corrected chi connectivity index (χ0v) is 15.2. The minimum atomic E-state index is -0.419. The number of piperidine rings is 1. The molecule has 1 N–H and O–H groups in total. The van der Waals surface area contributed by atoms with Crippen molar-refractivity contribution in [2.75, 3.05) is 32.0 Å². The van der Waals surface area contributed by atoms with Crippen LogP contribution in [0, 0.1) is 0 Å². The molecular weight excluding hydrogens is 318 g/mol. The third-order valence-electron chi connectivity index (χ3n) is 5.45. The van der Waals surface area contributed by atoms with Crippen LogP contribution in [0.4, 0.5) is 15.3 Å². The number of anilines is 1. The highest BCUT2D eigenvalue weighted by atomic mass is 16.6. The van der Waals surface area contributed by atoms with Crippen LogP contribution in [0.1, 0.15) is 44.6 Å². The van der Waals surface area contributed by atoms with Gasteiger partial charge in [-0.1, -0.05) is 32.0 Å². The minimum Gasteiger partial charge on any atom is -0.441 e. The number of nitrogens with one attached hydrogen (secondary N) is 1. The summed E-state index contributed by atoms with van der Waals surface area (Å²) in [6.07, 6.45) is 2.13. The molecular formula is C19H27N3O3. The number of likely N-dealkylation sites (N-methyl/N-ethyl adjacent to an activating group) is 1. The quantitative estimate of drug-likeness (QED) is 0.909. The van der Waals surface area contributed by atoms with Crippen LogP contribution in [-0.4, -0.2) is 54.2 Å². The maximum absolute atomic E-state index is 12.7. The summed E-state index contributed by atoms with van der Waals surface area (Å²) in [5.74, 6) is 0.398. The molecule has 2 heterocycles. The van der Waals surface area contributed by atoms with Gasteiger partial charge in [0, 0.05) is 38.7 Å². The van der Waals surface area contributed by atoms with Gasteiger partial charge in [0.1, 0.15) is 5.60 Å². The average Bonchev–Trinajstić information content (AvgIpc) is 2.88. The van der Waals surface area contributed by atoms with Crippen LogP contribution in [0.2, 0.25) is 0 Å². The first-order valence-electron chi connectivity index (χ1n) is 9.03. The Hall–Kier alpha value is -2.24. The van der Waals surface area contributed by atoms with Gasteiger partial charge in [-0.25, -0.2) is 9.59 Å². The highest BCUT2D eigenvalue weighted by molar-refractivity contribution is 5.90. The predicted octanol–water partition coefficient (Wildman–Crippen LogP) is 3.65. The number of benzene rings is 1. The lowest BCUT2D eigenvalue weighted by Gasteiger charge is -2.37. The lowest BCUT2D eigenvalue weighted by Crippen LogP contribution is -2.49. The topological polar surface area (TPSA) is 61.9 Å². The number of rotatable bonds is 3. The zero-order chi connectivity index (χ0) is 18.0. The normalized spacial score (nSPS) is 20.5. The molecule has 3 amide bonds. The molecule has 3 rings (SSSR count). The fourth-order valence-corrected chi connectivity index (χ4v) is 3.62. The molecule has 0 aliphatic carbocycles. The number of nitrogens with zero attached hydrogens (tertiary/aromatic N) is 2. The van der Waals surface area contributed by atoms with Gasteiger partial charge in [-0.05, 0) is 24.0 Å². The Balaban J connectivity index is 1.62. The van der Waals surface area contributed by atoms with Crippen LogP contribution < -0.4 is 5.32 Å². The molecule has 1 aromatic rings. The van der Waals surface area contributed by atoms with Crippen molar-refractivity contribution in [2.45, 2.75) is 44.6 Å². The van der Waals surface area contributed by atoms with E-state index in [1.807, 2.05) is 23.1 Å². The van der Waals surface area contributed by atoms with Gasteiger partial charge >= 0.3 is 12.1 Å². The van der Waals surface area contributed by atoms with Crippen LogP contribution in [0.15, 0.2) is 24.3 Å². The molecule has 0 bridgehead atoms. The number of carbonyl (C=O) groups is 2. The number of urea groups is 1. The molecule has 2 aliphatic heterocycles. The first-order valence-corrected chi connectivity index (χ1v) is 9.03. The van der Waals surface area contributed by atoms with E-state index in [1.165, 1.54) is 0 Å². The van der Waals surface area contributed by atoms with Crippen LogP contribution in [0.25, 0.3) is 0 Å². The third-order valence-corrected chi connectivity index (χ3v) is 5.45. The zero-order valence-electron chi connectivity index (χ0n) is 15.2. The van der Waals surface area contributed by atoms with E-state index in [9.17, 15) is 9.59 Å². The number of hydrogen-bond donors (Lipinski definition) is 1. The van der Waals surface area contributed by atoms with Crippen LogP contribution in [0.3, 0.4) is 0 Å². The third kappa shape index (κ3) is 3.57. The Morgan fingerprint density at radius 3 is 2.60 bits per heavy atom. The lowest BCUT2D eigenvalue weighted by molar-refractivity contribution is 0.0109. The van der Waals surface area contributed by atoms with Gasteiger partial charge in [-0.3, -0.25) is 0 Å². The molecule has 0 aromatic heterocycles. The Labute approximate surface area is 149 Å². The monoisotopic (exact) mass is 345 g/mol. The maximum Gasteiger partial charge on any atom is 0.410 e. The molecule has 0 saturated carbocycles. The largest absolute Gasteiger partial charge is 0.441 e.